The van der Waals surface area contributed by atoms with Crippen molar-refractivity contribution in [1.29, 1.82) is 0 Å². The van der Waals surface area contributed by atoms with Crippen LogP contribution in [-0.4, -0.2) is 33.9 Å². The number of carboxylic acid groups (broad SMARTS) is 1. The highest BCUT2D eigenvalue weighted by Gasteiger charge is 2.19. The largest absolute Gasteiger partial charge is 0.480 e. The van der Waals surface area contributed by atoms with Crippen LogP contribution in [0.25, 0.3) is 6.08 Å². The molecule has 1 heterocycles. The molecular formula is C13H15N3O4. The van der Waals surface area contributed by atoms with Crippen LogP contribution >= 0.6 is 0 Å². The van der Waals surface area contributed by atoms with Crippen LogP contribution in [0.4, 0.5) is 0 Å². The number of nitrogens with one attached hydrogen (secondary N) is 1. The number of carboxylic acids is 1. The van der Waals surface area contributed by atoms with Crippen molar-refractivity contribution in [3.8, 4) is 0 Å². The monoisotopic (exact) mass is 277 g/mol. The van der Waals surface area contributed by atoms with E-state index in [4.69, 9.17) is 10.8 Å². The Morgan fingerprint density at radius 3 is 2.75 bits per heavy atom. The number of rotatable bonds is 7. The summed E-state index contributed by atoms with van der Waals surface area (Å²) in [5.41, 5.74) is 5.66. The molecule has 1 aromatic heterocycles. The Morgan fingerprint density at radius 2 is 2.20 bits per heavy atom. The Morgan fingerprint density at radius 1 is 1.45 bits per heavy atom. The number of nitrogens with zero attached hydrogens (tertiary/aromatic N) is 1. The van der Waals surface area contributed by atoms with Gasteiger partial charge in [0, 0.05) is 24.9 Å². The van der Waals surface area contributed by atoms with Gasteiger partial charge in [0.1, 0.15) is 6.04 Å². The molecule has 0 aliphatic carbocycles. The molecule has 0 aromatic carbocycles. The zero-order valence-corrected chi connectivity index (χ0v) is 10.7. The number of carbonyl (C=O) groups is 3. The van der Waals surface area contributed by atoms with Crippen LogP contribution in [0.3, 0.4) is 0 Å². The van der Waals surface area contributed by atoms with Crippen LogP contribution in [0.15, 0.2) is 30.6 Å². The molecule has 0 saturated heterocycles. The van der Waals surface area contributed by atoms with E-state index in [2.05, 4.69) is 10.3 Å². The highest BCUT2D eigenvalue weighted by Crippen LogP contribution is 2.00. The molecule has 20 heavy (non-hydrogen) atoms. The van der Waals surface area contributed by atoms with Crippen LogP contribution in [0, 0.1) is 0 Å². The molecule has 7 heteroatoms. The Kier molecular flexibility index (Phi) is 5.89. The lowest BCUT2D eigenvalue weighted by molar-refractivity contribution is -0.141. The van der Waals surface area contributed by atoms with Gasteiger partial charge in [0.05, 0.1) is 0 Å². The fraction of sp³-hybridized carbons (Fsp3) is 0.231. The average Bonchev–Trinajstić information content (AvgIpc) is 2.41. The van der Waals surface area contributed by atoms with Gasteiger partial charge in [-0.1, -0.05) is 6.07 Å². The van der Waals surface area contributed by atoms with Gasteiger partial charge in [0.2, 0.25) is 11.8 Å². The molecule has 1 rings (SSSR count). The molecule has 7 nitrogen and oxygen atoms in total. The highest BCUT2D eigenvalue weighted by atomic mass is 16.4. The number of hydrogen-bond donors (Lipinski definition) is 3. The molecule has 1 atom stereocenters. The first kappa shape index (κ1) is 15.4. The highest BCUT2D eigenvalue weighted by molar-refractivity contribution is 5.94. The van der Waals surface area contributed by atoms with Crippen LogP contribution in [-0.2, 0) is 14.4 Å². The topological polar surface area (TPSA) is 122 Å². The Bertz CT molecular complexity index is 514. The average molecular weight is 277 g/mol. The van der Waals surface area contributed by atoms with Crippen molar-refractivity contribution in [3.05, 3.63) is 36.2 Å². The van der Waals surface area contributed by atoms with Crippen molar-refractivity contribution in [2.24, 2.45) is 5.73 Å². The van der Waals surface area contributed by atoms with Gasteiger partial charge in [-0.3, -0.25) is 14.6 Å². The molecule has 0 fully saturated rings. The first-order valence-corrected chi connectivity index (χ1v) is 5.88. The molecule has 0 aliphatic rings. The van der Waals surface area contributed by atoms with Crippen LogP contribution in [0.5, 0.6) is 0 Å². The predicted molar refractivity (Wildman–Crippen MR) is 71.3 cm³/mol. The Hall–Kier alpha value is -2.70. The molecule has 1 unspecified atom stereocenters. The van der Waals surface area contributed by atoms with E-state index in [0.717, 1.165) is 0 Å². The van der Waals surface area contributed by atoms with Crippen LogP contribution in [0.2, 0.25) is 0 Å². The van der Waals surface area contributed by atoms with Crippen LogP contribution in [0.1, 0.15) is 18.4 Å². The van der Waals surface area contributed by atoms with E-state index in [-0.39, 0.29) is 12.8 Å². The lowest BCUT2D eigenvalue weighted by atomic mass is 10.1. The summed E-state index contributed by atoms with van der Waals surface area (Å²) < 4.78 is 0. The molecule has 106 valence electrons. The number of amides is 2. The van der Waals surface area contributed by atoms with Gasteiger partial charge in [0.25, 0.3) is 0 Å². The molecule has 1 aromatic rings. The molecule has 0 radical (unpaired) electrons. The SMILES string of the molecule is NC(=O)CCC(NC(=O)/C=C/c1cccnc1)C(=O)O. The van der Waals surface area contributed by atoms with Gasteiger partial charge in [-0.05, 0) is 24.1 Å². The van der Waals surface area contributed by atoms with Crippen LogP contribution < -0.4 is 11.1 Å². The number of hydrogen-bond acceptors (Lipinski definition) is 4. The number of aromatic nitrogens is 1. The predicted octanol–water partition coefficient (Wildman–Crippen LogP) is -0.0703. The number of primary amides is 1. The lowest BCUT2D eigenvalue weighted by Crippen LogP contribution is -2.40. The minimum atomic E-state index is -1.21. The summed E-state index contributed by atoms with van der Waals surface area (Å²) in [6.45, 7) is 0. The fourth-order valence-corrected chi connectivity index (χ4v) is 1.41. The van der Waals surface area contributed by atoms with Gasteiger partial charge < -0.3 is 16.2 Å². The Labute approximate surface area is 115 Å². The maximum absolute atomic E-state index is 11.6. The number of carbonyl (C=O) groups excluding carboxylic acids is 2. The van der Waals surface area contributed by atoms with Crippen molar-refractivity contribution >= 4 is 23.9 Å². The van der Waals surface area contributed by atoms with Crippen molar-refractivity contribution < 1.29 is 19.5 Å². The molecule has 0 spiro atoms. The second kappa shape index (κ2) is 7.67. The van der Waals surface area contributed by atoms with Crippen molar-refractivity contribution in [1.82, 2.24) is 10.3 Å². The quantitative estimate of drug-likeness (QED) is 0.602. The van der Waals surface area contributed by atoms with Gasteiger partial charge >= 0.3 is 5.97 Å². The molecular weight excluding hydrogens is 262 g/mol. The first-order chi connectivity index (χ1) is 9.49. The number of pyridine rings is 1. The molecule has 0 bridgehead atoms. The maximum atomic E-state index is 11.6. The van der Waals surface area contributed by atoms with Crippen molar-refractivity contribution in [2.75, 3.05) is 0 Å². The van der Waals surface area contributed by atoms with Gasteiger partial charge in [-0.2, -0.15) is 0 Å². The summed E-state index contributed by atoms with van der Waals surface area (Å²) in [5.74, 6) is -2.39. The fourth-order valence-electron chi connectivity index (χ4n) is 1.41. The standard InChI is InChI=1S/C13H15N3O4/c14-11(17)5-4-10(13(19)20)16-12(18)6-3-9-2-1-7-15-8-9/h1-3,6-8,10H,4-5H2,(H2,14,17)(H,16,18)(H,19,20)/b6-3+. The maximum Gasteiger partial charge on any atom is 0.326 e. The summed E-state index contributed by atoms with van der Waals surface area (Å²) in [7, 11) is 0. The molecule has 4 N–H and O–H groups in total. The third kappa shape index (κ3) is 5.76. The smallest absolute Gasteiger partial charge is 0.326 e. The van der Waals surface area contributed by atoms with E-state index < -0.39 is 23.8 Å². The second-order valence-electron chi connectivity index (χ2n) is 4.02. The third-order valence-electron chi connectivity index (χ3n) is 2.41. The molecule has 0 aliphatic heterocycles. The van der Waals surface area contributed by atoms with Gasteiger partial charge in [-0.25, -0.2) is 4.79 Å². The molecule has 0 saturated carbocycles. The minimum absolute atomic E-state index is 0.0445. The van der Waals surface area contributed by atoms with Crippen molar-refractivity contribution in [3.63, 3.8) is 0 Å². The zero-order valence-electron chi connectivity index (χ0n) is 10.7. The van der Waals surface area contributed by atoms with Gasteiger partial charge in [0.15, 0.2) is 0 Å². The second-order valence-corrected chi connectivity index (χ2v) is 4.02. The first-order valence-electron chi connectivity index (χ1n) is 5.88. The van der Waals surface area contributed by atoms with E-state index in [1.165, 1.54) is 12.2 Å². The third-order valence-corrected chi connectivity index (χ3v) is 2.41. The van der Waals surface area contributed by atoms with E-state index in [1.54, 1.807) is 24.5 Å². The van der Waals surface area contributed by atoms with E-state index in [1.807, 2.05) is 0 Å². The summed E-state index contributed by atoms with van der Waals surface area (Å²) in [5, 5.41) is 11.2. The zero-order chi connectivity index (χ0) is 15.0. The Balaban J connectivity index is 2.56. The summed E-state index contributed by atoms with van der Waals surface area (Å²) in [4.78, 5) is 37.0. The van der Waals surface area contributed by atoms with E-state index in [0.29, 0.717) is 5.56 Å². The summed E-state index contributed by atoms with van der Waals surface area (Å²) >= 11 is 0. The van der Waals surface area contributed by atoms with Gasteiger partial charge in [-0.15, -0.1) is 0 Å². The lowest BCUT2D eigenvalue weighted by Gasteiger charge is -2.11. The minimum Gasteiger partial charge on any atom is -0.480 e. The van der Waals surface area contributed by atoms with E-state index >= 15 is 0 Å². The summed E-state index contributed by atoms with van der Waals surface area (Å²) in [6, 6.07) is 2.32. The van der Waals surface area contributed by atoms with Crippen molar-refractivity contribution in [2.45, 2.75) is 18.9 Å². The summed E-state index contributed by atoms with van der Waals surface area (Å²) in [6.07, 6.45) is 5.72. The molecule has 2 amide bonds. The van der Waals surface area contributed by atoms with E-state index in [9.17, 15) is 14.4 Å². The normalized spacial score (nSPS) is 12.0. The number of nitrogens with two attached hydrogens (primary N) is 1. The number of aliphatic carboxylic acids is 1.